The van der Waals surface area contributed by atoms with E-state index in [-0.39, 0.29) is 30.5 Å². The lowest BCUT2D eigenvalue weighted by Crippen LogP contribution is -2.57. The molecule has 10 heteroatoms. The molecule has 1 aromatic carbocycles. The van der Waals surface area contributed by atoms with Gasteiger partial charge >= 0.3 is 0 Å². The first-order valence-corrected chi connectivity index (χ1v) is 12.5. The van der Waals surface area contributed by atoms with Crippen LogP contribution in [0, 0.1) is 11.3 Å². The van der Waals surface area contributed by atoms with E-state index in [0.29, 0.717) is 6.42 Å². The Hall–Kier alpha value is -3.53. The monoisotopic (exact) mass is 512 g/mol. The molecule has 37 heavy (non-hydrogen) atoms. The van der Waals surface area contributed by atoms with Crippen molar-refractivity contribution in [3.63, 3.8) is 0 Å². The second kappa shape index (κ2) is 12.6. The maximum absolute atomic E-state index is 13.5. The van der Waals surface area contributed by atoms with Crippen molar-refractivity contribution in [2.24, 2.45) is 11.3 Å². The van der Waals surface area contributed by atoms with E-state index >= 15 is 0 Å². The number of amides is 3. The SMILES string of the molecule is COC[C@H](NC(=O)c1ccno1)C(=O)N[C@@H](Cc1ccccc1)C(=O)N[C@@H](CC(C)C)C(=O)C1(C)CC1. The third-order valence-corrected chi connectivity index (χ3v) is 6.47. The third-order valence-electron chi connectivity index (χ3n) is 6.47. The minimum Gasteiger partial charge on any atom is -0.382 e. The molecule has 2 aromatic rings. The van der Waals surface area contributed by atoms with Gasteiger partial charge in [-0.2, -0.15) is 0 Å². The van der Waals surface area contributed by atoms with Crippen molar-refractivity contribution in [3.05, 3.63) is 53.9 Å². The van der Waals surface area contributed by atoms with Gasteiger partial charge in [-0.25, -0.2) is 0 Å². The summed E-state index contributed by atoms with van der Waals surface area (Å²) in [5, 5.41) is 11.7. The molecule has 0 aliphatic heterocycles. The fourth-order valence-corrected chi connectivity index (χ4v) is 4.07. The molecule has 0 saturated heterocycles. The second-order valence-electron chi connectivity index (χ2n) is 10.2. The van der Waals surface area contributed by atoms with E-state index in [4.69, 9.17) is 9.26 Å². The van der Waals surface area contributed by atoms with Crippen LogP contribution in [0.4, 0.5) is 0 Å². The number of methoxy groups -OCH3 is 1. The van der Waals surface area contributed by atoms with Crippen molar-refractivity contribution < 1.29 is 28.4 Å². The molecular weight excluding hydrogens is 476 g/mol. The summed E-state index contributed by atoms with van der Waals surface area (Å²) in [6, 6.07) is 7.91. The Labute approximate surface area is 216 Å². The van der Waals surface area contributed by atoms with Crippen LogP contribution in [0.3, 0.4) is 0 Å². The van der Waals surface area contributed by atoms with Crippen molar-refractivity contribution in [2.45, 2.75) is 64.6 Å². The molecule has 3 amide bonds. The Morgan fingerprint density at radius 3 is 2.19 bits per heavy atom. The lowest BCUT2D eigenvalue weighted by atomic mass is 9.91. The fourth-order valence-electron chi connectivity index (χ4n) is 4.07. The molecule has 3 atom stereocenters. The summed E-state index contributed by atoms with van der Waals surface area (Å²) in [5.74, 6) is -1.55. The van der Waals surface area contributed by atoms with Crippen LogP contribution in [0.15, 0.2) is 47.1 Å². The average molecular weight is 513 g/mol. The summed E-state index contributed by atoms with van der Waals surface area (Å²) >= 11 is 0. The molecule has 200 valence electrons. The molecule has 1 aliphatic rings. The van der Waals surface area contributed by atoms with E-state index in [2.05, 4.69) is 21.1 Å². The lowest BCUT2D eigenvalue weighted by molar-refractivity contribution is -0.133. The molecule has 1 aromatic heterocycles. The molecule has 0 bridgehead atoms. The number of benzene rings is 1. The summed E-state index contributed by atoms with van der Waals surface area (Å²) in [5.41, 5.74) is 0.428. The van der Waals surface area contributed by atoms with E-state index in [9.17, 15) is 19.2 Å². The first-order valence-electron chi connectivity index (χ1n) is 12.5. The van der Waals surface area contributed by atoms with Crippen LogP contribution in [0.25, 0.3) is 0 Å². The number of carbonyl (C=O) groups excluding carboxylic acids is 4. The predicted octanol–water partition coefficient (Wildman–Crippen LogP) is 2.05. The van der Waals surface area contributed by atoms with Gasteiger partial charge in [0.25, 0.3) is 5.91 Å². The standard InChI is InChI=1S/C27H36N4O6/c1-17(2)14-19(23(32)27(3)11-12-27)29-24(33)20(15-18-8-6-5-7-9-18)30-25(34)21(16-36-4)31-26(35)22-10-13-28-37-22/h5-10,13,17,19-21H,11-12,14-16H2,1-4H3,(H,29,33)(H,30,34)(H,31,35)/t19-,20-,21-/m0/s1. The van der Waals surface area contributed by atoms with E-state index in [1.54, 1.807) is 0 Å². The van der Waals surface area contributed by atoms with Crippen molar-refractivity contribution >= 4 is 23.5 Å². The molecule has 0 radical (unpaired) electrons. The molecule has 1 aliphatic carbocycles. The van der Waals surface area contributed by atoms with Crippen LogP contribution >= 0.6 is 0 Å². The topological polar surface area (TPSA) is 140 Å². The summed E-state index contributed by atoms with van der Waals surface area (Å²) < 4.78 is 9.97. The van der Waals surface area contributed by atoms with E-state index in [1.165, 1.54) is 19.4 Å². The molecule has 1 heterocycles. The van der Waals surface area contributed by atoms with Crippen molar-refractivity contribution in [3.8, 4) is 0 Å². The highest BCUT2D eigenvalue weighted by atomic mass is 16.5. The average Bonchev–Trinajstić information content (AvgIpc) is 3.38. The van der Waals surface area contributed by atoms with Gasteiger partial charge < -0.3 is 25.2 Å². The van der Waals surface area contributed by atoms with Crippen molar-refractivity contribution in [2.75, 3.05) is 13.7 Å². The molecule has 3 N–H and O–H groups in total. The maximum atomic E-state index is 13.5. The Balaban J connectivity index is 1.77. The predicted molar refractivity (Wildman–Crippen MR) is 135 cm³/mol. The maximum Gasteiger partial charge on any atom is 0.290 e. The number of hydrogen-bond donors (Lipinski definition) is 3. The number of aromatic nitrogens is 1. The largest absolute Gasteiger partial charge is 0.382 e. The van der Waals surface area contributed by atoms with Crippen LogP contribution in [0.1, 0.15) is 56.2 Å². The van der Waals surface area contributed by atoms with Gasteiger partial charge in [0.05, 0.1) is 18.8 Å². The van der Waals surface area contributed by atoms with Gasteiger partial charge in [0, 0.05) is 25.0 Å². The zero-order valence-corrected chi connectivity index (χ0v) is 21.8. The highest BCUT2D eigenvalue weighted by Gasteiger charge is 2.48. The van der Waals surface area contributed by atoms with Gasteiger partial charge in [0.2, 0.25) is 17.6 Å². The van der Waals surface area contributed by atoms with Crippen LogP contribution < -0.4 is 16.0 Å². The van der Waals surface area contributed by atoms with Crippen LogP contribution in [0.2, 0.25) is 0 Å². The first-order chi connectivity index (χ1) is 17.6. The minimum absolute atomic E-state index is 0.0240. The van der Waals surface area contributed by atoms with Crippen molar-refractivity contribution in [1.82, 2.24) is 21.1 Å². The molecule has 1 fully saturated rings. The van der Waals surface area contributed by atoms with Gasteiger partial charge in [-0.3, -0.25) is 19.2 Å². The zero-order valence-electron chi connectivity index (χ0n) is 21.8. The number of hydrogen-bond acceptors (Lipinski definition) is 7. The first kappa shape index (κ1) is 28.0. The highest BCUT2D eigenvalue weighted by molar-refractivity contribution is 5.98. The normalized spacial score (nSPS) is 16.4. The number of rotatable bonds is 14. The van der Waals surface area contributed by atoms with E-state index in [1.807, 2.05) is 51.1 Å². The zero-order chi connectivity index (χ0) is 27.0. The number of Topliss-reactive ketones (excluding diaryl/α,β-unsaturated/α-hetero) is 1. The van der Waals surface area contributed by atoms with E-state index in [0.717, 1.165) is 18.4 Å². The number of ketones is 1. The van der Waals surface area contributed by atoms with Gasteiger partial charge in [0.1, 0.15) is 12.1 Å². The number of nitrogens with one attached hydrogen (secondary N) is 3. The van der Waals surface area contributed by atoms with Gasteiger partial charge in [-0.1, -0.05) is 56.3 Å². The molecule has 0 spiro atoms. The molecule has 3 rings (SSSR count). The van der Waals surface area contributed by atoms with Crippen molar-refractivity contribution in [1.29, 1.82) is 0 Å². The Morgan fingerprint density at radius 2 is 1.62 bits per heavy atom. The fraction of sp³-hybridized carbons (Fsp3) is 0.519. The summed E-state index contributed by atoms with van der Waals surface area (Å²) in [7, 11) is 1.40. The molecular formula is C27H36N4O6. The van der Waals surface area contributed by atoms with Gasteiger partial charge in [-0.05, 0) is 30.7 Å². The second-order valence-corrected chi connectivity index (χ2v) is 10.2. The number of nitrogens with zero attached hydrogens (tertiary/aromatic N) is 1. The lowest BCUT2D eigenvalue weighted by Gasteiger charge is -2.27. The van der Waals surface area contributed by atoms with Crippen LogP contribution in [-0.2, 0) is 25.5 Å². The summed E-state index contributed by atoms with van der Waals surface area (Å²) in [4.78, 5) is 52.3. The molecule has 10 nitrogen and oxygen atoms in total. The van der Waals surface area contributed by atoms with Gasteiger partial charge in [0.15, 0.2) is 5.78 Å². The quantitative estimate of drug-likeness (QED) is 0.352. The molecule has 0 unspecified atom stereocenters. The number of carbonyl (C=O) groups is 4. The van der Waals surface area contributed by atoms with Crippen LogP contribution in [0.5, 0.6) is 0 Å². The smallest absolute Gasteiger partial charge is 0.290 e. The Morgan fingerprint density at radius 1 is 0.973 bits per heavy atom. The summed E-state index contributed by atoms with van der Waals surface area (Å²) in [6.45, 7) is 5.79. The number of ether oxygens (including phenoxy) is 1. The summed E-state index contributed by atoms with van der Waals surface area (Å²) in [6.07, 6.45) is 3.64. The van der Waals surface area contributed by atoms with E-state index < -0.39 is 41.3 Å². The molecule has 1 saturated carbocycles. The third kappa shape index (κ3) is 7.98. The Bertz CT molecular complexity index is 1070. The van der Waals surface area contributed by atoms with Crippen LogP contribution in [-0.4, -0.2) is 60.5 Å². The minimum atomic E-state index is -1.09. The van der Waals surface area contributed by atoms with Gasteiger partial charge in [-0.15, -0.1) is 0 Å². The highest BCUT2D eigenvalue weighted by Crippen LogP contribution is 2.47. The Kier molecular flexibility index (Phi) is 9.57.